The Kier molecular flexibility index (Phi) is 8.92. The molecule has 2 rings (SSSR count). The summed E-state index contributed by atoms with van der Waals surface area (Å²) in [4.78, 5) is 35.3. The first-order valence-electron chi connectivity index (χ1n) is 9.35. The van der Waals surface area contributed by atoms with Crippen molar-refractivity contribution in [1.29, 1.82) is 0 Å². The van der Waals surface area contributed by atoms with Gasteiger partial charge in [0.2, 0.25) is 5.91 Å². The molecule has 0 aliphatic carbocycles. The summed E-state index contributed by atoms with van der Waals surface area (Å²) in [5.74, 6) is 0.360. The molecule has 2 amide bonds. The van der Waals surface area contributed by atoms with Gasteiger partial charge in [-0.1, -0.05) is 18.2 Å². The third-order valence-corrected chi connectivity index (χ3v) is 3.84. The summed E-state index contributed by atoms with van der Waals surface area (Å²) in [6.45, 7) is 2.42. The van der Waals surface area contributed by atoms with Gasteiger partial charge in [0.05, 0.1) is 13.7 Å². The number of hydrogen-bond donors (Lipinski definition) is 2. The van der Waals surface area contributed by atoms with Gasteiger partial charge in [-0.05, 0) is 43.3 Å². The van der Waals surface area contributed by atoms with E-state index in [4.69, 9.17) is 9.47 Å². The number of carbonyl (C=O) groups excluding carboxylic acids is 3. The average Bonchev–Trinajstić information content (AvgIpc) is 2.76. The fraction of sp³-hybridized carbons (Fsp3) is 0.227. The molecule has 8 nitrogen and oxygen atoms in total. The fourth-order valence-corrected chi connectivity index (χ4v) is 2.41. The van der Waals surface area contributed by atoms with Crippen LogP contribution in [-0.2, 0) is 9.53 Å². The molecule has 2 N–H and O–H groups in total. The van der Waals surface area contributed by atoms with Crippen LogP contribution in [0.15, 0.2) is 54.6 Å². The van der Waals surface area contributed by atoms with Gasteiger partial charge in [0.1, 0.15) is 11.5 Å². The maximum Gasteiger partial charge on any atom is 0.513 e. The molecule has 2 aromatic carbocycles. The second-order valence-electron chi connectivity index (χ2n) is 5.93. The highest BCUT2D eigenvalue weighted by molar-refractivity contribution is 5.94. The van der Waals surface area contributed by atoms with Gasteiger partial charge >= 0.3 is 6.16 Å². The summed E-state index contributed by atoms with van der Waals surface area (Å²) >= 11 is 0. The van der Waals surface area contributed by atoms with Gasteiger partial charge in [0, 0.05) is 30.3 Å². The molecule has 0 aromatic heterocycles. The largest absolute Gasteiger partial charge is 0.513 e. The van der Waals surface area contributed by atoms with E-state index in [1.165, 1.54) is 30.3 Å². The lowest BCUT2D eigenvalue weighted by Gasteiger charge is -2.07. The number of para-hydroxylation sites is 1. The molecule has 0 unspecified atom stereocenters. The van der Waals surface area contributed by atoms with E-state index in [0.29, 0.717) is 11.3 Å². The molecule has 0 aliphatic rings. The van der Waals surface area contributed by atoms with E-state index in [9.17, 15) is 14.4 Å². The maximum atomic E-state index is 12.1. The van der Waals surface area contributed by atoms with Crippen LogP contribution in [0.25, 0.3) is 6.08 Å². The van der Waals surface area contributed by atoms with E-state index >= 15 is 0 Å². The Balaban J connectivity index is 1.73. The first-order valence-corrected chi connectivity index (χ1v) is 9.35. The van der Waals surface area contributed by atoms with Crippen molar-refractivity contribution in [3.05, 3.63) is 65.7 Å². The lowest BCUT2D eigenvalue weighted by molar-refractivity contribution is -0.116. The minimum Gasteiger partial charge on any atom is -0.496 e. The molecule has 158 valence electrons. The predicted octanol–water partition coefficient (Wildman–Crippen LogP) is 2.79. The van der Waals surface area contributed by atoms with E-state index in [0.717, 1.165) is 5.56 Å². The number of hydrogen-bond acceptors (Lipinski definition) is 6. The number of carbonyl (C=O) groups is 3. The fourth-order valence-electron chi connectivity index (χ4n) is 2.41. The van der Waals surface area contributed by atoms with Gasteiger partial charge in [-0.15, -0.1) is 0 Å². The minimum atomic E-state index is -0.801. The molecule has 0 aliphatic heterocycles. The summed E-state index contributed by atoms with van der Waals surface area (Å²) < 4.78 is 14.8. The van der Waals surface area contributed by atoms with Crippen molar-refractivity contribution in [3.63, 3.8) is 0 Å². The number of methoxy groups -OCH3 is 1. The molecule has 0 atom stereocenters. The van der Waals surface area contributed by atoms with Crippen molar-refractivity contribution in [1.82, 2.24) is 10.6 Å². The molecule has 0 saturated heterocycles. The SMILES string of the molecule is CCOC(=O)Oc1ccc(C(=O)NCCNC(=O)/C=C/c2ccccc2OC)cc1. The molecule has 0 fully saturated rings. The Labute approximate surface area is 174 Å². The van der Waals surface area contributed by atoms with E-state index in [-0.39, 0.29) is 37.3 Å². The first kappa shape index (κ1) is 22.5. The second-order valence-corrected chi connectivity index (χ2v) is 5.93. The van der Waals surface area contributed by atoms with Gasteiger partial charge in [-0.3, -0.25) is 9.59 Å². The Morgan fingerprint density at radius 3 is 2.37 bits per heavy atom. The van der Waals surface area contributed by atoms with Crippen LogP contribution < -0.4 is 20.1 Å². The van der Waals surface area contributed by atoms with Crippen molar-refractivity contribution in [3.8, 4) is 11.5 Å². The molecule has 8 heteroatoms. The number of amides is 2. The van der Waals surface area contributed by atoms with E-state index in [1.807, 2.05) is 24.3 Å². The average molecular weight is 412 g/mol. The topological polar surface area (TPSA) is 103 Å². The second kappa shape index (κ2) is 11.9. The molecular weight excluding hydrogens is 388 g/mol. The third kappa shape index (κ3) is 7.31. The zero-order valence-electron chi connectivity index (χ0n) is 16.8. The van der Waals surface area contributed by atoms with Crippen LogP contribution in [0, 0.1) is 0 Å². The van der Waals surface area contributed by atoms with Crippen LogP contribution in [0.5, 0.6) is 11.5 Å². The summed E-state index contributed by atoms with van der Waals surface area (Å²) in [7, 11) is 1.57. The molecule has 0 bridgehead atoms. The van der Waals surface area contributed by atoms with Gasteiger partial charge in [0.15, 0.2) is 0 Å². The molecule has 2 aromatic rings. The quantitative estimate of drug-likeness (QED) is 0.284. The Morgan fingerprint density at radius 1 is 0.967 bits per heavy atom. The van der Waals surface area contributed by atoms with Crippen LogP contribution in [0.1, 0.15) is 22.8 Å². The number of benzene rings is 2. The van der Waals surface area contributed by atoms with Gasteiger partial charge in [0.25, 0.3) is 5.91 Å². The maximum absolute atomic E-state index is 12.1. The van der Waals surface area contributed by atoms with Crippen molar-refractivity contribution in [2.24, 2.45) is 0 Å². The van der Waals surface area contributed by atoms with Crippen molar-refractivity contribution >= 4 is 24.0 Å². The van der Waals surface area contributed by atoms with Crippen LogP contribution in [0.3, 0.4) is 0 Å². The zero-order valence-corrected chi connectivity index (χ0v) is 16.8. The summed E-state index contributed by atoms with van der Waals surface area (Å²) in [6, 6.07) is 13.4. The van der Waals surface area contributed by atoms with E-state index in [2.05, 4.69) is 15.4 Å². The van der Waals surface area contributed by atoms with Crippen LogP contribution in [0.2, 0.25) is 0 Å². The van der Waals surface area contributed by atoms with Crippen molar-refractivity contribution < 1.29 is 28.6 Å². The van der Waals surface area contributed by atoms with Gasteiger partial charge in [-0.2, -0.15) is 0 Å². The zero-order chi connectivity index (χ0) is 21.8. The van der Waals surface area contributed by atoms with Crippen molar-refractivity contribution in [2.45, 2.75) is 6.92 Å². The highest BCUT2D eigenvalue weighted by Gasteiger charge is 2.08. The summed E-state index contributed by atoms with van der Waals surface area (Å²) in [5.41, 5.74) is 1.19. The molecule has 0 saturated carbocycles. The minimum absolute atomic E-state index is 0.214. The third-order valence-electron chi connectivity index (χ3n) is 3.84. The van der Waals surface area contributed by atoms with Crippen molar-refractivity contribution in [2.75, 3.05) is 26.8 Å². The molecular formula is C22H24N2O6. The first-order chi connectivity index (χ1) is 14.5. The Hall–Kier alpha value is -3.81. The van der Waals surface area contributed by atoms with Crippen LogP contribution >= 0.6 is 0 Å². The number of nitrogens with one attached hydrogen (secondary N) is 2. The normalized spacial score (nSPS) is 10.3. The van der Waals surface area contributed by atoms with Crippen LogP contribution in [0.4, 0.5) is 4.79 Å². The predicted molar refractivity (Wildman–Crippen MR) is 111 cm³/mol. The lowest BCUT2D eigenvalue weighted by Crippen LogP contribution is -2.33. The molecule has 0 spiro atoms. The molecule has 0 radical (unpaired) electrons. The molecule has 30 heavy (non-hydrogen) atoms. The summed E-state index contributed by atoms with van der Waals surface area (Å²) in [5, 5.41) is 5.38. The summed E-state index contributed by atoms with van der Waals surface area (Å²) in [6.07, 6.45) is 2.26. The van der Waals surface area contributed by atoms with Gasteiger partial charge in [-0.25, -0.2) is 4.79 Å². The van der Waals surface area contributed by atoms with E-state index in [1.54, 1.807) is 20.1 Å². The molecule has 0 heterocycles. The van der Waals surface area contributed by atoms with E-state index < -0.39 is 6.16 Å². The van der Waals surface area contributed by atoms with Crippen LogP contribution in [-0.4, -0.2) is 44.8 Å². The number of ether oxygens (including phenoxy) is 3. The monoisotopic (exact) mass is 412 g/mol. The Morgan fingerprint density at radius 2 is 1.67 bits per heavy atom. The lowest BCUT2D eigenvalue weighted by atomic mass is 10.2. The standard InChI is InChI=1S/C22H24N2O6/c1-3-29-22(27)30-18-11-8-17(9-12-18)21(26)24-15-14-23-20(25)13-10-16-6-4-5-7-19(16)28-2/h4-13H,3,14-15H2,1-2H3,(H,23,25)(H,24,26)/b13-10+. The highest BCUT2D eigenvalue weighted by atomic mass is 16.7. The highest BCUT2D eigenvalue weighted by Crippen LogP contribution is 2.18. The number of rotatable bonds is 9. The smallest absolute Gasteiger partial charge is 0.496 e. The van der Waals surface area contributed by atoms with Gasteiger partial charge < -0.3 is 24.8 Å². The Bertz CT molecular complexity index is 893.